The lowest BCUT2D eigenvalue weighted by Gasteiger charge is -2.29. The monoisotopic (exact) mass is 778 g/mol. The lowest BCUT2D eigenvalue weighted by molar-refractivity contribution is -0.156. The van der Waals surface area contributed by atoms with E-state index >= 15 is 0 Å². The molecular formula is C34H32Cl6O8. The van der Waals surface area contributed by atoms with Crippen LogP contribution in [0.4, 0.5) is 0 Å². The molecule has 0 N–H and O–H groups in total. The molecular weight excluding hydrogens is 749 g/mol. The summed E-state index contributed by atoms with van der Waals surface area (Å²) in [5, 5.41) is -1.37. The molecule has 0 bridgehead atoms. The number of rotatable bonds is 12. The van der Waals surface area contributed by atoms with Gasteiger partial charge in [0.15, 0.2) is 11.5 Å². The maximum atomic E-state index is 13.4. The van der Waals surface area contributed by atoms with E-state index in [1.165, 1.54) is 0 Å². The van der Waals surface area contributed by atoms with Crippen LogP contribution < -0.4 is 9.47 Å². The van der Waals surface area contributed by atoms with Gasteiger partial charge < -0.3 is 18.9 Å². The standard InChI is InChI=1S/C34H32Cl6O8/c1-33(15-3-4-15,16-5-6-16)13-45-29(41)23-25(39)19(35)11-21(37)27(23)47-31(43)32(44)48-28-22(38)12-20(36)26(40)24(28)30(42)46-14-34(2,17-7-8-17)18-9-10-18/h11-12,15-18H,3-10,13-14H2,1-2H3. The van der Waals surface area contributed by atoms with Gasteiger partial charge in [-0.1, -0.05) is 83.5 Å². The van der Waals surface area contributed by atoms with Crippen molar-refractivity contribution in [3.8, 4) is 11.5 Å². The van der Waals surface area contributed by atoms with Crippen LogP contribution in [-0.2, 0) is 19.1 Å². The molecule has 0 aromatic heterocycles. The van der Waals surface area contributed by atoms with E-state index in [-0.39, 0.29) is 54.2 Å². The fraction of sp³-hybridized carbons (Fsp3) is 0.529. The molecule has 2 aromatic rings. The van der Waals surface area contributed by atoms with Gasteiger partial charge in [0.25, 0.3) is 0 Å². The first-order chi connectivity index (χ1) is 22.7. The van der Waals surface area contributed by atoms with Gasteiger partial charge in [-0.15, -0.1) is 0 Å². The van der Waals surface area contributed by atoms with Crippen LogP contribution >= 0.6 is 69.6 Å². The Labute approximate surface area is 307 Å². The number of carbonyl (C=O) groups excluding carboxylic acids is 4. The first kappa shape index (κ1) is 35.9. The zero-order chi connectivity index (χ0) is 34.7. The Kier molecular flexibility index (Phi) is 10.2. The topological polar surface area (TPSA) is 105 Å². The van der Waals surface area contributed by atoms with Gasteiger partial charge in [0.1, 0.15) is 11.1 Å². The summed E-state index contributed by atoms with van der Waals surface area (Å²) in [6.45, 7) is 4.42. The number of halogens is 6. The molecule has 6 rings (SSSR count). The van der Waals surface area contributed by atoms with Crippen LogP contribution in [0.15, 0.2) is 12.1 Å². The van der Waals surface area contributed by atoms with Crippen LogP contribution in [0.3, 0.4) is 0 Å². The van der Waals surface area contributed by atoms with Crippen LogP contribution in [0.5, 0.6) is 11.5 Å². The first-order valence-corrected chi connectivity index (χ1v) is 18.1. The lowest BCUT2D eigenvalue weighted by Crippen LogP contribution is -2.31. The molecule has 0 heterocycles. The zero-order valence-electron chi connectivity index (χ0n) is 26.1. The van der Waals surface area contributed by atoms with Crippen molar-refractivity contribution in [2.75, 3.05) is 13.2 Å². The molecule has 0 saturated heterocycles. The Morgan fingerprint density at radius 1 is 0.562 bits per heavy atom. The minimum Gasteiger partial charge on any atom is -0.461 e. The van der Waals surface area contributed by atoms with Gasteiger partial charge in [-0.05, 0) is 87.2 Å². The third-order valence-electron chi connectivity index (χ3n) is 10.3. The summed E-state index contributed by atoms with van der Waals surface area (Å²) < 4.78 is 21.9. The Hall–Kier alpha value is -1.94. The highest BCUT2D eigenvalue weighted by molar-refractivity contribution is 6.47. The first-order valence-electron chi connectivity index (χ1n) is 15.8. The van der Waals surface area contributed by atoms with E-state index in [1.807, 2.05) is 0 Å². The zero-order valence-corrected chi connectivity index (χ0v) is 30.6. The SMILES string of the molecule is CC(COC(=O)c1c(Cl)c(Cl)cc(Cl)c1OC(=O)C(=O)Oc1c(Cl)cc(Cl)c(Cl)c1C(=O)OCC(C)(C1CC1)C1CC1)(C1CC1)C1CC1. The van der Waals surface area contributed by atoms with Crippen LogP contribution in [0.2, 0.25) is 30.1 Å². The quantitative estimate of drug-likeness (QED) is 0.0908. The van der Waals surface area contributed by atoms with E-state index in [2.05, 4.69) is 13.8 Å². The molecule has 0 aliphatic heterocycles. The summed E-state index contributed by atoms with van der Waals surface area (Å²) in [7, 11) is 0. The maximum Gasteiger partial charge on any atom is 0.423 e. The van der Waals surface area contributed by atoms with Gasteiger partial charge in [0.05, 0.1) is 43.3 Å². The summed E-state index contributed by atoms with van der Waals surface area (Å²) in [5.74, 6) is -4.46. The van der Waals surface area contributed by atoms with Gasteiger partial charge in [-0.3, -0.25) is 0 Å². The molecule has 0 spiro atoms. The highest BCUT2D eigenvalue weighted by Gasteiger charge is 2.53. The number of carbonyl (C=O) groups is 4. The normalized spacial score (nSPS) is 17.9. The van der Waals surface area contributed by atoms with E-state index in [9.17, 15) is 19.2 Å². The maximum absolute atomic E-state index is 13.4. The third kappa shape index (κ3) is 7.26. The van der Waals surface area contributed by atoms with E-state index in [0.717, 1.165) is 63.5 Å². The number of hydrogen-bond donors (Lipinski definition) is 0. The highest BCUT2D eigenvalue weighted by Crippen LogP contribution is 2.59. The van der Waals surface area contributed by atoms with Crippen molar-refractivity contribution in [1.82, 2.24) is 0 Å². The lowest BCUT2D eigenvalue weighted by atomic mass is 9.80. The molecule has 4 fully saturated rings. The fourth-order valence-electron chi connectivity index (χ4n) is 6.69. The van der Waals surface area contributed by atoms with E-state index in [4.69, 9.17) is 88.6 Å². The Bertz CT molecular complexity index is 1550. The molecule has 4 aliphatic carbocycles. The average molecular weight is 781 g/mol. The van der Waals surface area contributed by atoms with E-state index in [1.54, 1.807) is 0 Å². The fourth-order valence-corrected chi connectivity index (χ4v) is 8.12. The Morgan fingerprint density at radius 3 is 1.12 bits per heavy atom. The molecule has 2 aromatic carbocycles. The van der Waals surface area contributed by atoms with Gasteiger partial charge in [-0.2, -0.15) is 0 Å². The number of esters is 4. The van der Waals surface area contributed by atoms with E-state index < -0.39 is 46.5 Å². The van der Waals surface area contributed by atoms with Crippen molar-refractivity contribution in [2.24, 2.45) is 34.5 Å². The summed E-state index contributed by atoms with van der Waals surface area (Å²) in [6, 6.07) is 2.30. The summed E-state index contributed by atoms with van der Waals surface area (Å²) >= 11 is 37.8. The summed E-state index contributed by atoms with van der Waals surface area (Å²) in [6.07, 6.45) is 8.46. The van der Waals surface area contributed by atoms with Crippen molar-refractivity contribution in [1.29, 1.82) is 0 Å². The molecule has 0 atom stereocenters. The molecule has 258 valence electrons. The minimum atomic E-state index is -1.62. The van der Waals surface area contributed by atoms with Crippen LogP contribution in [-0.4, -0.2) is 37.1 Å². The molecule has 0 unspecified atom stereocenters. The second-order valence-electron chi connectivity index (χ2n) is 13.8. The summed E-state index contributed by atoms with van der Waals surface area (Å²) in [5.41, 5.74) is -1.26. The molecule has 0 radical (unpaired) electrons. The van der Waals surface area contributed by atoms with Crippen LogP contribution in [0.25, 0.3) is 0 Å². The highest BCUT2D eigenvalue weighted by atomic mass is 35.5. The predicted octanol–water partition coefficient (Wildman–Crippen LogP) is 10.1. The van der Waals surface area contributed by atoms with Gasteiger partial charge in [0.2, 0.25) is 0 Å². The molecule has 0 amide bonds. The third-order valence-corrected chi connectivity index (χ3v) is 12.4. The molecule has 4 aliphatic rings. The van der Waals surface area contributed by atoms with E-state index in [0.29, 0.717) is 23.7 Å². The average Bonchev–Trinajstić information content (AvgIpc) is 3.86. The van der Waals surface area contributed by atoms with Crippen molar-refractivity contribution in [3.63, 3.8) is 0 Å². The van der Waals surface area contributed by atoms with Crippen molar-refractivity contribution < 1.29 is 38.1 Å². The Morgan fingerprint density at radius 2 is 0.854 bits per heavy atom. The molecule has 14 heteroatoms. The molecule has 48 heavy (non-hydrogen) atoms. The van der Waals surface area contributed by atoms with Gasteiger partial charge in [0, 0.05) is 10.8 Å². The smallest absolute Gasteiger partial charge is 0.423 e. The van der Waals surface area contributed by atoms with Crippen molar-refractivity contribution in [2.45, 2.75) is 65.2 Å². The molecule has 4 saturated carbocycles. The number of hydrogen-bond acceptors (Lipinski definition) is 8. The van der Waals surface area contributed by atoms with Crippen LogP contribution in [0.1, 0.15) is 85.9 Å². The number of benzene rings is 2. The van der Waals surface area contributed by atoms with Crippen LogP contribution in [0, 0.1) is 34.5 Å². The number of ether oxygens (including phenoxy) is 4. The minimum absolute atomic E-state index is 0.103. The Balaban J connectivity index is 1.20. The summed E-state index contributed by atoms with van der Waals surface area (Å²) in [4.78, 5) is 53.0. The van der Waals surface area contributed by atoms with Crippen molar-refractivity contribution in [3.05, 3.63) is 53.4 Å². The second kappa shape index (κ2) is 13.6. The largest absolute Gasteiger partial charge is 0.461 e. The van der Waals surface area contributed by atoms with Gasteiger partial charge in [-0.25, -0.2) is 19.2 Å². The van der Waals surface area contributed by atoms with Crippen molar-refractivity contribution >= 4 is 93.5 Å². The van der Waals surface area contributed by atoms with Gasteiger partial charge >= 0.3 is 23.9 Å². The predicted molar refractivity (Wildman–Crippen MR) is 182 cm³/mol. The molecule has 8 nitrogen and oxygen atoms in total. The second-order valence-corrected chi connectivity index (χ2v) is 16.1.